The molecule has 62 valence electrons. The number of rotatable bonds is 3. The Kier molecular flexibility index (Phi) is 2.76. The standard InChI is InChI=1S/C8H7NO2S/c9-8(11)2-1-6-3-7(4-10)12-5-6/h1-5H,(H2,9,11). The molecule has 0 radical (unpaired) electrons. The van der Waals surface area contributed by atoms with Gasteiger partial charge in [0.15, 0.2) is 6.29 Å². The first-order chi connectivity index (χ1) is 5.72. The third kappa shape index (κ3) is 2.32. The maximum Gasteiger partial charge on any atom is 0.241 e. The molecule has 0 fully saturated rings. The summed E-state index contributed by atoms with van der Waals surface area (Å²) in [6.07, 6.45) is 3.61. The molecule has 1 aromatic heterocycles. The van der Waals surface area contributed by atoms with Crippen molar-refractivity contribution in [2.24, 2.45) is 5.73 Å². The topological polar surface area (TPSA) is 60.2 Å². The minimum Gasteiger partial charge on any atom is -0.366 e. The second kappa shape index (κ2) is 3.82. The molecule has 0 aromatic carbocycles. The number of thiophene rings is 1. The van der Waals surface area contributed by atoms with E-state index < -0.39 is 5.91 Å². The summed E-state index contributed by atoms with van der Waals surface area (Å²) in [6.45, 7) is 0. The number of nitrogens with two attached hydrogens (primary N) is 1. The van der Waals surface area contributed by atoms with E-state index in [9.17, 15) is 9.59 Å². The Hall–Kier alpha value is -1.42. The molecule has 1 amide bonds. The molecule has 0 saturated heterocycles. The van der Waals surface area contributed by atoms with Crippen molar-refractivity contribution in [2.45, 2.75) is 0 Å². The van der Waals surface area contributed by atoms with Gasteiger partial charge in [0, 0.05) is 6.08 Å². The van der Waals surface area contributed by atoms with E-state index in [4.69, 9.17) is 5.73 Å². The van der Waals surface area contributed by atoms with E-state index in [2.05, 4.69) is 0 Å². The fourth-order valence-corrected chi connectivity index (χ4v) is 1.37. The summed E-state index contributed by atoms with van der Waals surface area (Å²) in [5, 5.41) is 1.78. The van der Waals surface area contributed by atoms with Crippen molar-refractivity contribution in [3.63, 3.8) is 0 Å². The van der Waals surface area contributed by atoms with Crippen LogP contribution in [0.1, 0.15) is 15.2 Å². The first kappa shape index (κ1) is 8.67. The van der Waals surface area contributed by atoms with Gasteiger partial charge in [0.05, 0.1) is 4.88 Å². The molecular weight excluding hydrogens is 174 g/mol. The fourth-order valence-electron chi connectivity index (χ4n) is 0.696. The van der Waals surface area contributed by atoms with Crippen LogP contribution in [0, 0.1) is 0 Å². The van der Waals surface area contributed by atoms with Gasteiger partial charge in [0.2, 0.25) is 5.91 Å². The quantitative estimate of drug-likeness (QED) is 0.560. The predicted molar refractivity (Wildman–Crippen MR) is 47.9 cm³/mol. The van der Waals surface area contributed by atoms with Crippen molar-refractivity contribution in [3.8, 4) is 0 Å². The van der Waals surface area contributed by atoms with Crippen molar-refractivity contribution in [3.05, 3.63) is 28.0 Å². The molecule has 1 aromatic rings. The van der Waals surface area contributed by atoms with Crippen molar-refractivity contribution >= 4 is 29.6 Å². The number of carbonyl (C=O) groups excluding carboxylic acids is 2. The van der Waals surface area contributed by atoms with E-state index in [1.54, 1.807) is 17.5 Å². The summed E-state index contributed by atoms with van der Waals surface area (Å²) in [5.41, 5.74) is 5.71. The van der Waals surface area contributed by atoms with Gasteiger partial charge in [-0.3, -0.25) is 9.59 Å². The maximum absolute atomic E-state index is 10.3. The number of amides is 1. The van der Waals surface area contributed by atoms with Crippen LogP contribution in [-0.2, 0) is 4.79 Å². The lowest BCUT2D eigenvalue weighted by molar-refractivity contribution is -0.113. The summed E-state index contributed by atoms with van der Waals surface area (Å²) in [4.78, 5) is 21.2. The fraction of sp³-hybridized carbons (Fsp3) is 0. The van der Waals surface area contributed by atoms with Gasteiger partial charge in [0.25, 0.3) is 0 Å². The molecule has 0 spiro atoms. The van der Waals surface area contributed by atoms with Gasteiger partial charge >= 0.3 is 0 Å². The second-order valence-electron chi connectivity index (χ2n) is 2.14. The smallest absolute Gasteiger partial charge is 0.241 e. The molecular formula is C8H7NO2S. The zero-order chi connectivity index (χ0) is 8.97. The number of aldehydes is 1. The summed E-state index contributed by atoms with van der Waals surface area (Å²) >= 11 is 1.33. The zero-order valence-corrected chi connectivity index (χ0v) is 7.01. The second-order valence-corrected chi connectivity index (χ2v) is 3.08. The van der Waals surface area contributed by atoms with Gasteiger partial charge in [-0.2, -0.15) is 0 Å². The van der Waals surface area contributed by atoms with E-state index in [1.807, 2.05) is 0 Å². The Morgan fingerprint density at radius 2 is 2.33 bits per heavy atom. The van der Waals surface area contributed by atoms with Crippen LogP contribution in [0.25, 0.3) is 6.08 Å². The van der Waals surface area contributed by atoms with Gasteiger partial charge in [-0.15, -0.1) is 11.3 Å². The van der Waals surface area contributed by atoms with Gasteiger partial charge in [-0.05, 0) is 23.1 Å². The van der Waals surface area contributed by atoms with E-state index in [1.165, 1.54) is 17.4 Å². The Labute approximate surface area is 73.5 Å². The van der Waals surface area contributed by atoms with Crippen LogP contribution in [0.2, 0.25) is 0 Å². The lowest BCUT2D eigenvalue weighted by Crippen LogP contribution is -2.04. The highest BCUT2D eigenvalue weighted by Gasteiger charge is 1.94. The molecule has 4 heteroatoms. The van der Waals surface area contributed by atoms with Crippen LogP contribution in [0.3, 0.4) is 0 Å². The van der Waals surface area contributed by atoms with Gasteiger partial charge < -0.3 is 5.73 Å². The number of carbonyl (C=O) groups is 2. The van der Waals surface area contributed by atoms with Crippen molar-refractivity contribution < 1.29 is 9.59 Å². The summed E-state index contributed by atoms with van der Waals surface area (Å²) in [5.74, 6) is -0.492. The highest BCUT2D eigenvalue weighted by molar-refractivity contribution is 7.11. The maximum atomic E-state index is 10.3. The van der Waals surface area contributed by atoms with Crippen LogP contribution in [0.5, 0.6) is 0 Å². The van der Waals surface area contributed by atoms with Gasteiger partial charge in [0.1, 0.15) is 0 Å². The van der Waals surface area contributed by atoms with Crippen molar-refractivity contribution in [1.29, 1.82) is 0 Å². The van der Waals surface area contributed by atoms with Crippen LogP contribution in [-0.4, -0.2) is 12.2 Å². The first-order valence-corrected chi connectivity index (χ1v) is 4.11. The SMILES string of the molecule is NC(=O)C=Cc1csc(C=O)c1. The number of hydrogen-bond donors (Lipinski definition) is 1. The lowest BCUT2D eigenvalue weighted by atomic mass is 10.3. The predicted octanol–water partition coefficient (Wildman–Crippen LogP) is 1.06. The van der Waals surface area contributed by atoms with Gasteiger partial charge in [-0.1, -0.05) is 0 Å². The summed E-state index contributed by atoms with van der Waals surface area (Å²) < 4.78 is 0. The molecule has 2 N–H and O–H groups in total. The Morgan fingerprint density at radius 3 is 2.83 bits per heavy atom. The molecule has 0 aliphatic rings. The van der Waals surface area contributed by atoms with E-state index >= 15 is 0 Å². The molecule has 0 aliphatic carbocycles. The number of primary amides is 1. The van der Waals surface area contributed by atoms with Crippen LogP contribution in [0.4, 0.5) is 0 Å². The van der Waals surface area contributed by atoms with Crippen LogP contribution >= 0.6 is 11.3 Å². The first-order valence-electron chi connectivity index (χ1n) is 3.23. The molecule has 12 heavy (non-hydrogen) atoms. The average molecular weight is 181 g/mol. The molecule has 3 nitrogen and oxygen atoms in total. The molecule has 0 atom stereocenters. The highest BCUT2D eigenvalue weighted by atomic mass is 32.1. The third-order valence-corrected chi connectivity index (χ3v) is 2.07. The summed E-state index contributed by atoms with van der Waals surface area (Å²) in [6, 6.07) is 1.69. The molecule has 0 bridgehead atoms. The van der Waals surface area contributed by atoms with Crippen molar-refractivity contribution in [2.75, 3.05) is 0 Å². The largest absolute Gasteiger partial charge is 0.366 e. The van der Waals surface area contributed by atoms with E-state index in [0.717, 1.165) is 11.8 Å². The zero-order valence-electron chi connectivity index (χ0n) is 6.19. The molecule has 0 unspecified atom stereocenters. The normalized spacial score (nSPS) is 10.3. The highest BCUT2D eigenvalue weighted by Crippen LogP contribution is 2.13. The molecule has 0 aliphatic heterocycles. The Balaban J connectivity index is 2.76. The summed E-state index contributed by atoms with van der Waals surface area (Å²) in [7, 11) is 0. The molecule has 1 rings (SSSR count). The monoisotopic (exact) mass is 181 g/mol. The third-order valence-electron chi connectivity index (χ3n) is 1.20. The Morgan fingerprint density at radius 1 is 1.58 bits per heavy atom. The minimum atomic E-state index is -0.492. The Bertz CT molecular complexity index is 328. The molecule has 1 heterocycles. The van der Waals surface area contributed by atoms with E-state index in [0.29, 0.717) is 4.88 Å². The lowest BCUT2D eigenvalue weighted by Gasteiger charge is -1.80. The molecule has 0 saturated carbocycles. The van der Waals surface area contributed by atoms with Gasteiger partial charge in [-0.25, -0.2) is 0 Å². The number of hydrogen-bond acceptors (Lipinski definition) is 3. The van der Waals surface area contributed by atoms with E-state index in [-0.39, 0.29) is 0 Å². The van der Waals surface area contributed by atoms with Crippen LogP contribution < -0.4 is 5.73 Å². The average Bonchev–Trinajstić information content (AvgIpc) is 2.48. The minimum absolute atomic E-state index is 0.492. The van der Waals surface area contributed by atoms with Crippen molar-refractivity contribution in [1.82, 2.24) is 0 Å². The van der Waals surface area contributed by atoms with Crippen LogP contribution in [0.15, 0.2) is 17.5 Å².